The molecule has 0 spiro atoms. The molecule has 6 heteroatoms. The topological polar surface area (TPSA) is 68.2 Å². The smallest absolute Gasteiger partial charge is 0.234 e. The molecule has 0 radical (unpaired) electrons. The lowest BCUT2D eigenvalue weighted by Gasteiger charge is -2.18. The van der Waals surface area contributed by atoms with Crippen molar-refractivity contribution >= 4 is 5.91 Å². The minimum atomic E-state index is -0.112. The molecule has 0 bridgehead atoms. The second kappa shape index (κ2) is 8.49. The molecule has 6 nitrogen and oxygen atoms in total. The highest BCUT2D eigenvalue weighted by Crippen LogP contribution is 2.23. The summed E-state index contributed by atoms with van der Waals surface area (Å²) in [7, 11) is 1.63. The number of aromatic nitrogens is 2. The van der Waals surface area contributed by atoms with E-state index in [4.69, 9.17) is 4.74 Å². The van der Waals surface area contributed by atoms with Gasteiger partial charge < -0.3 is 15.4 Å². The van der Waals surface area contributed by atoms with E-state index in [0.717, 1.165) is 23.4 Å². The lowest BCUT2D eigenvalue weighted by Crippen LogP contribution is -2.40. The highest BCUT2D eigenvalue weighted by Gasteiger charge is 2.14. The number of benzene rings is 1. The third kappa shape index (κ3) is 5.09. The molecule has 1 aromatic heterocycles. The Morgan fingerprint density at radius 1 is 1.33 bits per heavy atom. The third-order valence-corrected chi connectivity index (χ3v) is 3.82. The lowest BCUT2D eigenvalue weighted by atomic mass is 10.1. The number of para-hydroxylation sites is 1. The first-order valence-corrected chi connectivity index (χ1v) is 8.14. The van der Waals surface area contributed by atoms with E-state index < -0.39 is 0 Å². The fourth-order valence-electron chi connectivity index (χ4n) is 2.57. The number of aryl methyl sites for hydroxylation is 1. The molecule has 130 valence electrons. The minimum Gasteiger partial charge on any atom is -0.496 e. The van der Waals surface area contributed by atoms with Crippen LogP contribution in [0.2, 0.25) is 0 Å². The second-order valence-corrected chi connectivity index (χ2v) is 6.05. The number of nitrogens with zero attached hydrogens (tertiary/aromatic N) is 2. The zero-order valence-electron chi connectivity index (χ0n) is 14.7. The van der Waals surface area contributed by atoms with Crippen LogP contribution in [0.1, 0.15) is 31.0 Å². The van der Waals surface area contributed by atoms with Gasteiger partial charge in [-0.15, -0.1) is 0 Å². The van der Waals surface area contributed by atoms with Gasteiger partial charge in [0.05, 0.1) is 32.4 Å². The van der Waals surface area contributed by atoms with Gasteiger partial charge in [-0.2, -0.15) is 5.10 Å². The molecule has 2 aromatic rings. The monoisotopic (exact) mass is 330 g/mol. The molecular weight excluding hydrogens is 304 g/mol. The van der Waals surface area contributed by atoms with Gasteiger partial charge in [0.1, 0.15) is 5.75 Å². The number of amides is 1. The van der Waals surface area contributed by atoms with Crippen LogP contribution >= 0.6 is 0 Å². The number of nitrogens with one attached hydrogen (secondary N) is 2. The van der Waals surface area contributed by atoms with Crippen molar-refractivity contribution in [2.75, 3.05) is 13.7 Å². The predicted octanol–water partition coefficient (Wildman–Crippen LogP) is 2.06. The summed E-state index contributed by atoms with van der Waals surface area (Å²) in [6.07, 6.45) is 3.82. The van der Waals surface area contributed by atoms with Gasteiger partial charge in [0, 0.05) is 17.8 Å². The highest BCUT2D eigenvalue weighted by molar-refractivity contribution is 5.78. The van der Waals surface area contributed by atoms with Crippen LogP contribution in [0.4, 0.5) is 0 Å². The van der Waals surface area contributed by atoms with Gasteiger partial charge in [0.15, 0.2) is 0 Å². The fraction of sp³-hybridized carbons (Fsp3) is 0.444. The number of ether oxygens (including phenoxy) is 1. The summed E-state index contributed by atoms with van der Waals surface area (Å²) in [6, 6.07) is 7.74. The van der Waals surface area contributed by atoms with Gasteiger partial charge in [0.2, 0.25) is 5.91 Å². The molecule has 2 atom stereocenters. The van der Waals surface area contributed by atoms with Crippen molar-refractivity contribution in [3.63, 3.8) is 0 Å². The van der Waals surface area contributed by atoms with Crippen LogP contribution in [0.5, 0.6) is 5.75 Å². The quantitative estimate of drug-likeness (QED) is 0.777. The van der Waals surface area contributed by atoms with Gasteiger partial charge in [-0.05, 0) is 32.4 Å². The number of carbonyl (C=O) groups excluding carboxylic acids is 1. The van der Waals surface area contributed by atoms with Gasteiger partial charge in [-0.25, -0.2) is 0 Å². The first-order chi connectivity index (χ1) is 11.5. The summed E-state index contributed by atoms with van der Waals surface area (Å²) in [6.45, 7) is 6.98. The van der Waals surface area contributed by atoms with Crippen LogP contribution in [0.15, 0.2) is 36.7 Å². The third-order valence-electron chi connectivity index (χ3n) is 3.82. The van der Waals surface area contributed by atoms with E-state index in [9.17, 15) is 4.79 Å². The molecule has 1 amide bonds. The summed E-state index contributed by atoms with van der Waals surface area (Å²) in [5.74, 6) is 0.734. The van der Waals surface area contributed by atoms with E-state index in [1.54, 1.807) is 7.11 Å². The van der Waals surface area contributed by atoms with Gasteiger partial charge in [-0.3, -0.25) is 9.48 Å². The summed E-state index contributed by atoms with van der Waals surface area (Å²) in [5, 5.41) is 10.5. The number of hydrogen-bond acceptors (Lipinski definition) is 4. The van der Waals surface area contributed by atoms with Crippen molar-refractivity contribution in [2.45, 2.75) is 39.4 Å². The molecule has 0 aliphatic rings. The molecule has 1 aromatic carbocycles. The molecule has 2 rings (SSSR count). The molecule has 0 aliphatic carbocycles. The van der Waals surface area contributed by atoms with E-state index in [1.807, 2.05) is 62.1 Å². The van der Waals surface area contributed by atoms with Crippen molar-refractivity contribution < 1.29 is 9.53 Å². The first kappa shape index (κ1) is 18.0. The Hall–Kier alpha value is -2.34. The Kier molecular flexibility index (Phi) is 6.37. The maximum absolute atomic E-state index is 12.2. The van der Waals surface area contributed by atoms with Crippen molar-refractivity contribution in [3.8, 4) is 5.75 Å². The van der Waals surface area contributed by atoms with E-state index >= 15 is 0 Å². The first-order valence-electron chi connectivity index (χ1n) is 8.14. The second-order valence-electron chi connectivity index (χ2n) is 6.05. The molecule has 1 heterocycles. The maximum atomic E-state index is 12.2. The lowest BCUT2D eigenvalue weighted by molar-refractivity contribution is -0.121. The predicted molar refractivity (Wildman–Crippen MR) is 94.0 cm³/mol. The largest absolute Gasteiger partial charge is 0.496 e. The van der Waals surface area contributed by atoms with Crippen LogP contribution in [-0.2, 0) is 11.3 Å². The van der Waals surface area contributed by atoms with Crippen LogP contribution in [-0.4, -0.2) is 35.4 Å². The standard InChI is InChI=1S/C18H26N4O2/c1-13-9-20-22(11-13)12-14(2)19-10-18(23)21-15(3)16-7-5-6-8-17(16)24-4/h5-9,11,14-15,19H,10,12H2,1-4H3,(H,21,23)/t14-,15+/m1/s1. The van der Waals surface area contributed by atoms with E-state index in [2.05, 4.69) is 15.7 Å². The average molecular weight is 330 g/mol. The minimum absolute atomic E-state index is 0.0445. The van der Waals surface area contributed by atoms with Crippen molar-refractivity contribution in [2.24, 2.45) is 0 Å². The van der Waals surface area contributed by atoms with Crippen LogP contribution < -0.4 is 15.4 Å². The summed E-state index contributed by atoms with van der Waals surface area (Å²) >= 11 is 0. The Morgan fingerprint density at radius 2 is 2.08 bits per heavy atom. The van der Waals surface area contributed by atoms with Gasteiger partial charge >= 0.3 is 0 Å². The summed E-state index contributed by atoms with van der Waals surface area (Å²) in [4.78, 5) is 12.2. The molecule has 0 saturated heterocycles. The number of methoxy groups -OCH3 is 1. The molecule has 24 heavy (non-hydrogen) atoms. The van der Waals surface area contributed by atoms with Crippen LogP contribution in [0, 0.1) is 6.92 Å². The Morgan fingerprint density at radius 3 is 2.75 bits per heavy atom. The molecule has 0 fully saturated rings. The zero-order chi connectivity index (χ0) is 17.5. The van der Waals surface area contributed by atoms with E-state index in [1.165, 1.54) is 0 Å². The van der Waals surface area contributed by atoms with Crippen LogP contribution in [0.3, 0.4) is 0 Å². The van der Waals surface area contributed by atoms with Crippen LogP contribution in [0.25, 0.3) is 0 Å². The molecule has 0 saturated carbocycles. The SMILES string of the molecule is COc1ccccc1[C@H](C)NC(=O)CN[C@H](C)Cn1cc(C)cn1. The zero-order valence-corrected chi connectivity index (χ0v) is 14.7. The van der Waals surface area contributed by atoms with Crippen molar-refractivity contribution in [1.82, 2.24) is 20.4 Å². The normalized spacial score (nSPS) is 13.3. The highest BCUT2D eigenvalue weighted by atomic mass is 16.5. The van der Waals surface area contributed by atoms with Gasteiger partial charge in [-0.1, -0.05) is 18.2 Å². The Labute approximate surface area is 143 Å². The van der Waals surface area contributed by atoms with Crippen molar-refractivity contribution in [1.29, 1.82) is 0 Å². The summed E-state index contributed by atoms with van der Waals surface area (Å²) < 4.78 is 7.22. The van der Waals surface area contributed by atoms with Gasteiger partial charge in [0.25, 0.3) is 0 Å². The number of carbonyl (C=O) groups is 1. The van der Waals surface area contributed by atoms with E-state index in [-0.39, 0.29) is 24.5 Å². The maximum Gasteiger partial charge on any atom is 0.234 e. The number of rotatable bonds is 8. The summed E-state index contributed by atoms with van der Waals surface area (Å²) in [5.41, 5.74) is 2.10. The Bertz CT molecular complexity index is 669. The molecule has 2 N–H and O–H groups in total. The van der Waals surface area contributed by atoms with E-state index in [0.29, 0.717) is 0 Å². The Balaban J connectivity index is 1.80. The number of hydrogen-bond donors (Lipinski definition) is 2. The molecule has 0 unspecified atom stereocenters. The molecular formula is C18H26N4O2. The molecule has 0 aliphatic heterocycles. The average Bonchev–Trinajstić information content (AvgIpc) is 2.97. The fourth-order valence-corrected chi connectivity index (χ4v) is 2.57. The van der Waals surface area contributed by atoms with Crippen molar-refractivity contribution in [3.05, 3.63) is 47.8 Å².